The second-order valence-electron chi connectivity index (χ2n) is 5.50. The van der Waals surface area contributed by atoms with Crippen molar-refractivity contribution in [1.82, 2.24) is 9.62 Å². The molecule has 1 saturated heterocycles. The highest BCUT2D eigenvalue weighted by atomic mass is 32.2. The molecular formula is C15H24N2O3S. The van der Waals surface area contributed by atoms with Crippen molar-refractivity contribution in [2.24, 2.45) is 5.92 Å². The van der Waals surface area contributed by atoms with Crippen molar-refractivity contribution >= 4 is 10.0 Å². The number of hydrogen-bond acceptors (Lipinski definition) is 4. The van der Waals surface area contributed by atoms with Crippen molar-refractivity contribution in [2.45, 2.75) is 24.3 Å². The molecule has 1 aliphatic rings. The van der Waals surface area contributed by atoms with Crippen LogP contribution in [0.3, 0.4) is 0 Å². The zero-order chi connectivity index (χ0) is 15.3. The minimum atomic E-state index is -3.40. The predicted octanol–water partition coefficient (Wildman–Crippen LogP) is 1.45. The van der Waals surface area contributed by atoms with Gasteiger partial charge >= 0.3 is 0 Å². The van der Waals surface area contributed by atoms with E-state index >= 15 is 0 Å². The van der Waals surface area contributed by atoms with Gasteiger partial charge in [-0.2, -0.15) is 4.31 Å². The Morgan fingerprint density at radius 3 is 2.95 bits per heavy atom. The number of benzene rings is 1. The van der Waals surface area contributed by atoms with E-state index in [1.165, 1.54) is 0 Å². The van der Waals surface area contributed by atoms with Crippen LogP contribution in [0.2, 0.25) is 0 Å². The molecule has 1 aromatic rings. The zero-order valence-corrected chi connectivity index (χ0v) is 13.5. The number of nitrogens with zero attached hydrogens (tertiary/aromatic N) is 1. The molecule has 0 aliphatic carbocycles. The largest absolute Gasteiger partial charge is 0.384 e. The van der Waals surface area contributed by atoms with E-state index in [4.69, 9.17) is 4.74 Å². The average Bonchev–Trinajstić information content (AvgIpc) is 2.48. The molecule has 1 unspecified atom stereocenters. The fraction of sp³-hybridized carbons (Fsp3) is 0.600. The van der Waals surface area contributed by atoms with Crippen LogP contribution < -0.4 is 5.32 Å². The van der Waals surface area contributed by atoms with E-state index < -0.39 is 10.0 Å². The van der Waals surface area contributed by atoms with Crippen molar-refractivity contribution in [1.29, 1.82) is 0 Å². The normalized spacial score (nSPS) is 20.6. The van der Waals surface area contributed by atoms with Crippen molar-refractivity contribution in [3.8, 4) is 0 Å². The van der Waals surface area contributed by atoms with E-state index in [9.17, 15) is 8.42 Å². The highest BCUT2D eigenvalue weighted by molar-refractivity contribution is 7.89. The van der Waals surface area contributed by atoms with E-state index in [1.54, 1.807) is 29.6 Å². The number of methoxy groups -OCH3 is 1. The topological polar surface area (TPSA) is 58.6 Å². The minimum Gasteiger partial charge on any atom is -0.384 e. The fourth-order valence-electron chi connectivity index (χ4n) is 2.79. The number of ether oxygens (including phenoxy) is 1. The summed E-state index contributed by atoms with van der Waals surface area (Å²) in [6, 6.07) is 7.16. The van der Waals surface area contributed by atoms with Gasteiger partial charge in [-0.3, -0.25) is 0 Å². The molecule has 6 heteroatoms. The number of rotatable bonds is 6. The molecule has 0 spiro atoms. The summed E-state index contributed by atoms with van der Waals surface area (Å²) in [5, 5.41) is 3.04. The molecule has 0 amide bonds. The van der Waals surface area contributed by atoms with Crippen molar-refractivity contribution in [3.05, 3.63) is 29.8 Å². The first kappa shape index (κ1) is 16.4. The first-order valence-corrected chi connectivity index (χ1v) is 8.74. The van der Waals surface area contributed by atoms with Crippen molar-refractivity contribution in [2.75, 3.05) is 33.9 Å². The Morgan fingerprint density at radius 2 is 2.24 bits per heavy atom. The summed E-state index contributed by atoms with van der Waals surface area (Å²) >= 11 is 0. The van der Waals surface area contributed by atoms with E-state index in [2.05, 4.69) is 5.32 Å². The second kappa shape index (κ2) is 7.35. The van der Waals surface area contributed by atoms with Crippen molar-refractivity contribution < 1.29 is 13.2 Å². The fourth-order valence-corrected chi connectivity index (χ4v) is 4.41. The molecule has 21 heavy (non-hydrogen) atoms. The van der Waals surface area contributed by atoms with Gasteiger partial charge in [0.1, 0.15) is 0 Å². The molecule has 5 nitrogen and oxygen atoms in total. The third-order valence-corrected chi connectivity index (χ3v) is 5.66. The van der Waals surface area contributed by atoms with Crippen LogP contribution in [0.15, 0.2) is 29.2 Å². The smallest absolute Gasteiger partial charge is 0.243 e. The summed E-state index contributed by atoms with van der Waals surface area (Å²) in [5.41, 5.74) is 0.976. The second-order valence-corrected chi connectivity index (χ2v) is 7.44. The SMILES string of the molecule is CNCc1cccc(S(=O)(=O)N2CCCC(COC)C2)c1. The molecule has 1 aliphatic heterocycles. The Hall–Kier alpha value is -0.950. The minimum absolute atomic E-state index is 0.291. The van der Waals surface area contributed by atoms with Crippen LogP contribution in [0.4, 0.5) is 0 Å². The monoisotopic (exact) mass is 312 g/mol. The average molecular weight is 312 g/mol. The molecule has 1 aromatic carbocycles. The van der Waals surface area contributed by atoms with Gasteiger partial charge in [-0.05, 0) is 43.5 Å². The van der Waals surface area contributed by atoms with Gasteiger partial charge in [0.25, 0.3) is 0 Å². The molecule has 0 aromatic heterocycles. The Bertz CT molecular complexity index is 558. The van der Waals surface area contributed by atoms with Gasteiger partial charge in [0.05, 0.1) is 11.5 Å². The van der Waals surface area contributed by atoms with Crippen LogP contribution in [0, 0.1) is 5.92 Å². The zero-order valence-electron chi connectivity index (χ0n) is 12.7. The number of nitrogens with one attached hydrogen (secondary N) is 1. The molecule has 1 heterocycles. The standard InChI is InChI=1S/C15H24N2O3S/c1-16-10-13-5-3-7-15(9-13)21(18,19)17-8-4-6-14(11-17)12-20-2/h3,5,7,9,14,16H,4,6,8,10-12H2,1-2H3. The molecule has 1 fully saturated rings. The van der Waals surface area contributed by atoms with Crippen LogP contribution in [0.5, 0.6) is 0 Å². The van der Waals surface area contributed by atoms with Crippen LogP contribution in [0.1, 0.15) is 18.4 Å². The van der Waals surface area contributed by atoms with Crippen LogP contribution in [-0.2, 0) is 21.3 Å². The van der Waals surface area contributed by atoms with E-state index in [-0.39, 0.29) is 0 Å². The number of piperidine rings is 1. The molecule has 1 N–H and O–H groups in total. The Kier molecular flexibility index (Phi) is 5.75. The third-order valence-electron chi connectivity index (χ3n) is 3.80. The maximum atomic E-state index is 12.8. The summed E-state index contributed by atoms with van der Waals surface area (Å²) in [6.07, 6.45) is 1.92. The maximum absolute atomic E-state index is 12.8. The molecule has 0 saturated carbocycles. The summed E-state index contributed by atoms with van der Waals surface area (Å²) in [6.45, 7) is 2.42. The van der Waals surface area contributed by atoms with Gasteiger partial charge in [0.15, 0.2) is 0 Å². The van der Waals surface area contributed by atoms with Gasteiger partial charge in [-0.25, -0.2) is 8.42 Å². The third kappa shape index (κ3) is 4.03. The lowest BCUT2D eigenvalue weighted by Crippen LogP contribution is -2.41. The Labute approximate surface area is 127 Å². The molecule has 0 bridgehead atoms. The quantitative estimate of drug-likeness (QED) is 0.864. The highest BCUT2D eigenvalue weighted by Crippen LogP contribution is 2.24. The highest BCUT2D eigenvalue weighted by Gasteiger charge is 2.30. The van der Waals surface area contributed by atoms with E-state index in [0.717, 1.165) is 18.4 Å². The summed E-state index contributed by atoms with van der Waals surface area (Å²) in [7, 11) is 0.106. The first-order valence-electron chi connectivity index (χ1n) is 7.30. The summed E-state index contributed by atoms with van der Waals surface area (Å²) < 4.78 is 32.3. The lowest BCUT2D eigenvalue weighted by molar-refractivity contribution is 0.118. The maximum Gasteiger partial charge on any atom is 0.243 e. The summed E-state index contributed by atoms with van der Waals surface area (Å²) in [5.74, 6) is 0.291. The van der Waals surface area contributed by atoms with Gasteiger partial charge < -0.3 is 10.1 Å². The van der Waals surface area contributed by atoms with E-state index in [1.807, 2.05) is 13.1 Å². The molecule has 2 rings (SSSR count). The molecule has 118 valence electrons. The lowest BCUT2D eigenvalue weighted by Gasteiger charge is -2.31. The molecule has 0 radical (unpaired) electrons. The predicted molar refractivity (Wildman–Crippen MR) is 82.6 cm³/mol. The lowest BCUT2D eigenvalue weighted by atomic mass is 10.0. The number of sulfonamides is 1. The van der Waals surface area contributed by atoms with Crippen LogP contribution in [0.25, 0.3) is 0 Å². The van der Waals surface area contributed by atoms with Gasteiger partial charge in [-0.15, -0.1) is 0 Å². The first-order chi connectivity index (χ1) is 10.1. The van der Waals surface area contributed by atoms with Gasteiger partial charge in [-0.1, -0.05) is 12.1 Å². The van der Waals surface area contributed by atoms with Crippen molar-refractivity contribution in [3.63, 3.8) is 0 Å². The Balaban J connectivity index is 2.18. The van der Waals surface area contributed by atoms with Crippen LogP contribution in [-0.4, -0.2) is 46.6 Å². The molecule has 1 atom stereocenters. The van der Waals surface area contributed by atoms with Gasteiger partial charge in [0.2, 0.25) is 10.0 Å². The van der Waals surface area contributed by atoms with E-state index in [0.29, 0.717) is 37.1 Å². The van der Waals surface area contributed by atoms with Crippen LogP contribution >= 0.6 is 0 Å². The Morgan fingerprint density at radius 1 is 1.43 bits per heavy atom. The summed E-state index contributed by atoms with van der Waals surface area (Å²) in [4.78, 5) is 0.383. The molecular weight excluding hydrogens is 288 g/mol. The van der Waals surface area contributed by atoms with Gasteiger partial charge in [0, 0.05) is 26.7 Å². The number of hydrogen-bond donors (Lipinski definition) is 1.